The van der Waals surface area contributed by atoms with Crippen LogP contribution in [-0.4, -0.2) is 32.7 Å². The minimum atomic E-state index is -0.444. The Hall–Kier alpha value is -1.52. The van der Waals surface area contributed by atoms with Crippen molar-refractivity contribution in [2.24, 2.45) is 0 Å². The first kappa shape index (κ1) is 14.4. The zero-order valence-electron chi connectivity index (χ0n) is 13.3. The number of hydrogen-bond acceptors (Lipinski definition) is 3. The summed E-state index contributed by atoms with van der Waals surface area (Å²) < 4.78 is 7.81. The normalized spacial score (nSPS) is 19.7. The van der Waals surface area contributed by atoms with Crippen molar-refractivity contribution in [1.29, 1.82) is 0 Å². The van der Waals surface area contributed by atoms with E-state index in [2.05, 4.69) is 9.55 Å². The van der Waals surface area contributed by atoms with E-state index in [9.17, 15) is 4.79 Å². The first-order valence-electron chi connectivity index (χ1n) is 7.96. The van der Waals surface area contributed by atoms with E-state index in [1.54, 1.807) is 4.90 Å². The Bertz CT molecular complexity index is 524. The minimum Gasteiger partial charge on any atom is -0.444 e. The van der Waals surface area contributed by atoms with E-state index in [1.807, 2.05) is 27.1 Å². The van der Waals surface area contributed by atoms with Crippen LogP contribution in [0.3, 0.4) is 0 Å². The molecule has 1 aromatic heterocycles. The molecule has 2 heterocycles. The van der Waals surface area contributed by atoms with E-state index in [1.165, 1.54) is 31.4 Å². The van der Waals surface area contributed by atoms with Crippen molar-refractivity contribution >= 4 is 6.09 Å². The summed E-state index contributed by atoms with van der Waals surface area (Å²) in [6, 6.07) is 0.620. The van der Waals surface area contributed by atoms with E-state index in [-0.39, 0.29) is 6.09 Å². The summed E-state index contributed by atoms with van der Waals surface area (Å²) >= 11 is 0. The molecule has 5 nitrogen and oxygen atoms in total. The van der Waals surface area contributed by atoms with Crippen molar-refractivity contribution in [3.63, 3.8) is 0 Å². The van der Waals surface area contributed by atoms with Gasteiger partial charge in [0.2, 0.25) is 0 Å². The van der Waals surface area contributed by atoms with Gasteiger partial charge in [-0.05, 0) is 33.6 Å². The van der Waals surface area contributed by atoms with Gasteiger partial charge in [-0.3, -0.25) is 0 Å². The maximum atomic E-state index is 12.2. The fraction of sp³-hybridized carbons (Fsp3) is 0.750. The number of carbonyl (C=O) groups excluding carboxylic acids is 1. The molecule has 0 saturated heterocycles. The van der Waals surface area contributed by atoms with Gasteiger partial charge in [0.1, 0.15) is 5.60 Å². The van der Waals surface area contributed by atoms with Crippen LogP contribution in [0.1, 0.15) is 63.9 Å². The zero-order valence-corrected chi connectivity index (χ0v) is 13.3. The van der Waals surface area contributed by atoms with Crippen molar-refractivity contribution in [2.75, 3.05) is 6.54 Å². The van der Waals surface area contributed by atoms with Crippen LogP contribution in [-0.2, 0) is 17.7 Å². The van der Waals surface area contributed by atoms with Crippen LogP contribution >= 0.6 is 0 Å². The van der Waals surface area contributed by atoms with Crippen molar-refractivity contribution < 1.29 is 9.53 Å². The highest BCUT2D eigenvalue weighted by Gasteiger charge is 2.29. The molecule has 1 aliphatic carbocycles. The lowest BCUT2D eigenvalue weighted by Gasteiger charge is -2.30. The largest absolute Gasteiger partial charge is 0.444 e. The van der Waals surface area contributed by atoms with Gasteiger partial charge >= 0.3 is 6.09 Å². The highest BCUT2D eigenvalue weighted by Crippen LogP contribution is 2.32. The number of hydrogen-bond donors (Lipinski definition) is 0. The van der Waals surface area contributed by atoms with Gasteiger partial charge in [0.15, 0.2) is 0 Å². The Labute approximate surface area is 126 Å². The highest BCUT2D eigenvalue weighted by molar-refractivity contribution is 5.68. The molecule has 0 N–H and O–H groups in total. The molecule has 0 radical (unpaired) electrons. The standard InChI is InChI=1S/C16H25N3O2/c1-16(2,3)21-15(20)18-9-8-14-13(10-18)17-11-19(14)12-6-4-5-7-12/h11-12H,4-10H2,1-3H3. The Morgan fingerprint density at radius 1 is 1.33 bits per heavy atom. The number of ether oxygens (including phenoxy) is 1. The molecule has 0 unspecified atom stereocenters. The first-order valence-corrected chi connectivity index (χ1v) is 7.96. The number of rotatable bonds is 1. The average molecular weight is 291 g/mol. The van der Waals surface area contributed by atoms with Gasteiger partial charge in [-0.1, -0.05) is 12.8 Å². The summed E-state index contributed by atoms with van der Waals surface area (Å²) in [7, 11) is 0. The maximum absolute atomic E-state index is 12.2. The van der Waals surface area contributed by atoms with Gasteiger partial charge in [0.25, 0.3) is 0 Å². The van der Waals surface area contributed by atoms with E-state index in [0.29, 0.717) is 12.6 Å². The predicted molar refractivity (Wildman–Crippen MR) is 80.1 cm³/mol. The van der Waals surface area contributed by atoms with Crippen molar-refractivity contribution in [2.45, 2.75) is 71.1 Å². The van der Waals surface area contributed by atoms with Crippen LogP contribution in [0, 0.1) is 0 Å². The number of carbonyl (C=O) groups is 1. The van der Waals surface area contributed by atoms with E-state index >= 15 is 0 Å². The molecule has 116 valence electrons. The molecular weight excluding hydrogens is 266 g/mol. The smallest absolute Gasteiger partial charge is 0.410 e. The van der Waals surface area contributed by atoms with Gasteiger partial charge < -0.3 is 14.2 Å². The van der Waals surface area contributed by atoms with Crippen LogP contribution in [0.2, 0.25) is 0 Å². The molecule has 1 aromatic rings. The molecular formula is C16H25N3O2. The van der Waals surface area contributed by atoms with E-state index in [4.69, 9.17) is 4.74 Å². The van der Waals surface area contributed by atoms with Gasteiger partial charge in [-0.2, -0.15) is 0 Å². The summed E-state index contributed by atoms with van der Waals surface area (Å²) in [5.41, 5.74) is 1.92. The Kier molecular flexibility index (Phi) is 3.68. The van der Waals surface area contributed by atoms with Crippen LogP contribution in [0.25, 0.3) is 0 Å². The third kappa shape index (κ3) is 3.06. The molecule has 2 aliphatic rings. The number of aromatic nitrogens is 2. The summed E-state index contributed by atoms with van der Waals surface area (Å²) in [4.78, 5) is 18.5. The number of amides is 1. The molecule has 1 fully saturated rings. The molecule has 0 bridgehead atoms. The van der Waals surface area contributed by atoms with Crippen LogP contribution in [0.5, 0.6) is 0 Å². The van der Waals surface area contributed by atoms with Gasteiger partial charge in [0.05, 0.1) is 18.6 Å². The summed E-state index contributed by atoms with van der Waals surface area (Å²) in [5.74, 6) is 0. The second-order valence-corrected chi connectivity index (χ2v) is 7.14. The van der Waals surface area contributed by atoms with Crippen molar-refractivity contribution in [3.8, 4) is 0 Å². The second kappa shape index (κ2) is 5.35. The average Bonchev–Trinajstić information content (AvgIpc) is 3.04. The van der Waals surface area contributed by atoms with E-state index < -0.39 is 5.60 Å². The van der Waals surface area contributed by atoms with Crippen molar-refractivity contribution in [1.82, 2.24) is 14.5 Å². The van der Waals surface area contributed by atoms with Crippen LogP contribution < -0.4 is 0 Å². The molecule has 0 spiro atoms. The van der Waals surface area contributed by atoms with Gasteiger partial charge in [-0.15, -0.1) is 0 Å². The minimum absolute atomic E-state index is 0.233. The monoisotopic (exact) mass is 291 g/mol. The SMILES string of the molecule is CC(C)(C)OC(=O)N1CCc2c(ncn2C2CCCC2)C1. The molecule has 1 aliphatic heterocycles. The summed E-state index contributed by atoms with van der Waals surface area (Å²) in [6.45, 7) is 6.99. The Morgan fingerprint density at radius 2 is 2.05 bits per heavy atom. The van der Waals surface area contributed by atoms with Gasteiger partial charge in [0, 0.05) is 24.7 Å². The number of nitrogens with zero attached hydrogens (tertiary/aromatic N) is 3. The van der Waals surface area contributed by atoms with Crippen LogP contribution in [0.4, 0.5) is 4.79 Å². The third-order valence-corrected chi connectivity index (χ3v) is 4.31. The summed E-state index contributed by atoms with van der Waals surface area (Å²) in [6.07, 6.45) is 7.79. The van der Waals surface area contributed by atoms with Crippen molar-refractivity contribution in [3.05, 3.63) is 17.7 Å². The molecule has 0 aromatic carbocycles. The zero-order chi connectivity index (χ0) is 15.0. The highest BCUT2D eigenvalue weighted by atomic mass is 16.6. The molecule has 1 amide bonds. The molecule has 1 saturated carbocycles. The lowest BCUT2D eigenvalue weighted by Crippen LogP contribution is -2.40. The van der Waals surface area contributed by atoms with Gasteiger partial charge in [-0.25, -0.2) is 9.78 Å². The fourth-order valence-corrected chi connectivity index (χ4v) is 3.31. The summed E-state index contributed by atoms with van der Waals surface area (Å²) in [5, 5.41) is 0. The lowest BCUT2D eigenvalue weighted by atomic mass is 10.1. The lowest BCUT2D eigenvalue weighted by molar-refractivity contribution is 0.0220. The Balaban J connectivity index is 1.70. The molecule has 0 atom stereocenters. The predicted octanol–water partition coefficient (Wildman–Crippen LogP) is 3.29. The fourth-order valence-electron chi connectivity index (χ4n) is 3.31. The van der Waals surface area contributed by atoms with Crippen LogP contribution in [0.15, 0.2) is 6.33 Å². The topological polar surface area (TPSA) is 47.4 Å². The quantitative estimate of drug-likeness (QED) is 0.797. The number of fused-ring (bicyclic) bond motifs is 1. The molecule has 5 heteroatoms. The Morgan fingerprint density at radius 3 is 2.71 bits per heavy atom. The molecule has 21 heavy (non-hydrogen) atoms. The van der Waals surface area contributed by atoms with E-state index in [0.717, 1.165) is 18.7 Å². The maximum Gasteiger partial charge on any atom is 0.410 e. The molecule has 3 rings (SSSR count). The third-order valence-electron chi connectivity index (χ3n) is 4.31. The first-order chi connectivity index (χ1) is 9.94. The second-order valence-electron chi connectivity index (χ2n) is 7.14. The number of imidazole rings is 1.